The van der Waals surface area contributed by atoms with Crippen LogP contribution in [0, 0.1) is 10.1 Å². The van der Waals surface area contributed by atoms with Crippen LogP contribution in [0.1, 0.15) is 17.2 Å². The molecule has 1 fully saturated rings. The van der Waals surface area contributed by atoms with E-state index in [9.17, 15) is 24.8 Å². The fourth-order valence-corrected chi connectivity index (χ4v) is 3.71. The quantitative estimate of drug-likeness (QED) is 0.132. The zero-order valence-corrected chi connectivity index (χ0v) is 18.6. The number of methoxy groups -OCH3 is 2. The number of carbonyl (C=O) groups excluding carboxylic acids is 2. The van der Waals surface area contributed by atoms with Crippen LogP contribution in [0.2, 0.25) is 0 Å². The molecule has 0 bridgehead atoms. The van der Waals surface area contributed by atoms with Gasteiger partial charge in [-0.05, 0) is 30.3 Å². The minimum Gasteiger partial charge on any atom is -0.507 e. The Balaban J connectivity index is 2.16. The van der Waals surface area contributed by atoms with E-state index in [1.165, 1.54) is 43.4 Å². The van der Waals surface area contributed by atoms with Crippen LogP contribution in [-0.4, -0.2) is 72.3 Å². The summed E-state index contributed by atoms with van der Waals surface area (Å²) in [5.41, 5.74) is 0.135. The van der Waals surface area contributed by atoms with E-state index in [2.05, 4.69) is 0 Å². The standard InChI is InChI=1S/C23H24N2O9/c1-32-16-7-8-18(33-2)17(13-16)20-19(21(27)14-3-5-15(6-4-14)25(30)31)22(28)23(29)24(20)9-11-34-12-10-26/h3-8,13,20,26-27H,9-12H2,1-2H3/b21-19+/t20-/m1/s1. The highest BCUT2D eigenvalue weighted by Gasteiger charge is 2.47. The van der Waals surface area contributed by atoms with Gasteiger partial charge >= 0.3 is 0 Å². The van der Waals surface area contributed by atoms with Crippen molar-refractivity contribution in [3.05, 3.63) is 69.3 Å². The minimum atomic E-state index is -1.04. The average molecular weight is 472 g/mol. The van der Waals surface area contributed by atoms with Crippen LogP contribution in [0.15, 0.2) is 48.0 Å². The Bertz CT molecular complexity index is 1110. The van der Waals surface area contributed by atoms with Crippen molar-refractivity contribution in [2.75, 3.05) is 40.6 Å². The summed E-state index contributed by atoms with van der Waals surface area (Å²) in [7, 11) is 2.89. The number of carbonyl (C=O) groups is 2. The number of hydrogen-bond donors (Lipinski definition) is 2. The molecule has 1 aliphatic rings. The lowest BCUT2D eigenvalue weighted by Gasteiger charge is -2.26. The molecule has 2 aromatic carbocycles. The number of likely N-dealkylation sites (tertiary alicyclic amines) is 1. The molecule has 180 valence electrons. The summed E-state index contributed by atoms with van der Waals surface area (Å²) < 4.78 is 16.0. The number of Topliss-reactive ketones (excluding diaryl/α,β-unsaturated/α-hetero) is 1. The number of ether oxygens (including phenoxy) is 3. The Morgan fingerprint density at radius 2 is 1.79 bits per heavy atom. The summed E-state index contributed by atoms with van der Waals surface area (Å²) >= 11 is 0. The summed E-state index contributed by atoms with van der Waals surface area (Å²) in [6.07, 6.45) is 0. The number of amides is 1. The van der Waals surface area contributed by atoms with Crippen LogP contribution in [0.3, 0.4) is 0 Å². The lowest BCUT2D eigenvalue weighted by molar-refractivity contribution is -0.384. The third-order valence-electron chi connectivity index (χ3n) is 5.34. The molecule has 3 rings (SSSR count). The molecule has 0 spiro atoms. The van der Waals surface area contributed by atoms with Gasteiger partial charge in [-0.1, -0.05) is 0 Å². The van der Waals surface area contributed by atoms with Gasteiger partial charge in [0.2, 0.25) is 0 Å². The first-order valence-corrected chi connectivity index (χ1v) is 10.3. The predicted molar refractivity (Wildman–Crippen MR) is 120 cm³/mol. The van der Waals surface area contributed by atoms with Gasteiger partial charge in [-0.15, -0.1) is 0 Å². The maximum Gasteiger partial charge on any atom is 0.295 e. The van der Waals surface area contributed by atoms with Crippen LogP contribution >= 0.6 is 0 Å². The number of nitrogens with zero attached hydrogens (tertiary/aromatic N) is 2. The minimum absolute atomic E-state index is 0.00730. The van der Waals surface area contributed by atoms with E-state index in [4.69, 9.17) is 19.3 Å². The number of aliphatic hydroxyl groups is 2. The molecule has 11 heteroatoms. The third kappa shape index (κ3) is 4.85. The first kappa shape index (κ1) is 24.7. The largest absolute Gasteiger partial charge is 0.507 e. The molecule has 0 radical (unpaired) electrons. The Hall–Kier alpha value is -3.96. The molecular formula is C23H24N2O9. The molecule has 0 aliphatic carbocycles. The number of nitro benzene ring substituents is 1. The third-order valence-corrected chi connectivity index (χ3v) is 5.34. The van der Waals surface area contributed by atoms with Gasteiger partial charge in [0.15, 0.2) is 0 Å². The molecule has 2 N–H and O–H groups in total. The lowest BCUT2D eigenvalue weighted by Crippen LogP contribution is -2.33. The number of nitro groups is 1. The van der Waals surface area contributed by atoms with Gasteiger partial charge in [0.05, 0.1) is 50.6 Å². The second kappa shape index (κ2) is 10.8. The molecule has 1 amide bonds. The molecular weight excluding hydrogens is 448 g/mol. The number of rotatable bonds is 10. The summed E-state index contributed by atoms with van der Waals surface area (Å²) in [5, 5.41) is 31.0. The van der Waals surface area contributed by atoms with E-state index in [0.717, 1.165) is 0 Å². The van der Waals surface area contributed by atoms with E-state index in [1.54, 1.807) is 18.2 Å². The Kier molecular flexibility index (Phi) is 7.82. The second-order valence-corrected chi connectivity index (χ2v) is 7.24. The van der Waals surface area contributed by atoms with Gasteiger partial charge in [0, 0.05) is 29.8 Å². The molecule has 2 aromatic rings. The number of aliphatic hydroxyl groups excluding tert-OH is 2. The normalized spacial score (nSPS) is 17.1. The Morgan fingerprint density at radius 3 is 2.38 bits per heavy atom. The lowest BCUT2D eigenvalue weighted by atomic mass is 9.94. The van der Waals surface area contributed by atoms with Gasteiger partial charge in [-0.2, -0.15) is 0 Å². The topological polar surface area (TPSA) is 149 Å². The molecule has 0 aromatic heterocycles. The maximum atomic E-state index is 13.1. The number of benzene rings is 2. The van der Waals surface area contributed by atoms with Crippen molar-refractivity contribution in [2.24, 2.45) is 0 Å². The van der Waals surface area contributed by atoms with Crippen LogP contribution < -0.4 is 9.47 Å². The van der Waals surface area contributed by atoms with E-state index >= 15 is 0 Å². The summed E-state index contributed by atoms with van der Waals surface area (Å²) in [6, 6.07) is 8.79. The van der Waals surface area contributed by atoms with Crippen LogP contribution in [0.4, 0.5) is 5.69 Å². The highest BCUT2D eigenvalue weighted by molar-refractivity contribution is 6.46. The molecule has 34 heavy (non-hydrogen) atoms. The SMILES string of the molecule is COc1ccc(OC)c([C@@H]2/C(=C(\O)c3ccc([N+](=O)[O-])cc3)C(=O)C(=O)N2CCOCCO)c1. The van der Waals surface area contributed by atoms with Crippen LogP contribution in [0.5, 0.6) is 11.5 Å². The van der Waals surface area contributed by atoms with Crippen molar-refractivity contribution >= 4 is 23.1 Å². The highest BCUT2D eigenvalue weighted by Crippen LogP contribution is 2.43. The molecule has 1 aliphatic heterocycles. The van der Waals surface area contributed by atoms with Crippen molar-refractivity contribution in [1.29, 1.82) is 0 Å². The molecule has 0 unspecified atom stereocenters. The fourth-order valence-electron chi connectivity index (χ4n) is 3.71. The van der Waals surface area contributed by atoms with Crippen molar-refractivity contribution in [3.63, 3.8) is 0 Å². The van der Waals surface area contributed by atoms with E-state index < -0.39 is 28.4 Å². The zero-order chi connectivity index (χ0) is 24.8. The molecule has 1 atom stereocenters. The van der Waals surface area contributed by atoms with E-state index in [1.807, 2.05) is 0 Å². The van der Waals surface area contributed by atoms with Gasteiger partial charge in [-0.25, -0.2) is 0 Å². The smallest absolute Gasteiger partial charge is 0.295 e. The predicted octanol–water partition coefficient (Wildman–Crippen LogP) is 2.04. The monoisotopic (exact) mass is 472 g/mol. The van der Waals surface area contributed by atoms with E-state index in [-0.39, 0.29) is 43.2 Å². The average Bonchev–Trinajstić information content (AvgIpc) is 3.10. The Morgan fingerprint density at radius 1 is 1.09 bits per heavy atom. The van der Waals surface area contributed by atoms with Gasteiger partial charge in [0.25, 0.3) is 17.4 Å². The summed E-state index contributed by atoms with van der Waals surface area (Å²) in [6.45, 7) is -0.119. The van der Waals surface area contributed by atoms with Crippen molar-refractivity contribution in [2.45, 2.75) is 6.04 Å². The number of hydrogen-bond acceptors (Lipinski definition) is 9. The number of non-ortho nitro benzene ring substituents is 1. The van der Waals surface area contributed by atoms with Crippen molar-refractivity contribution in [3.8, 4) is 11.5 Å². The van der Waals surface area contributed by atoms with Gasteiger partial charge in [-0.3, -0.25) is 19.7 Å². The maximum absolute atomic E-state index is 13.1. The number of ketones is 1. The van der Waals surface area contributed by atoms with Crippen LogP contribution in [-0.2, 0) is 14.3 Å². The fraction of sp³-hybridized carbons (Fsp3) is 0.304. The molecule has 1 saturated heterocycles. The van der Waals surface area contributed by atoms with Crippen molar-refractivity contribution in [1.82, 2.24) is 4.90 Å². The molecule has 0 saturated carbocycles. The molecule has 11 nitrogen and oxygen atoms in total. The summed E-state index contributed by atoms with van der Waals surface area (Å²) in [4.78, 5) is 37.6. The summed E-state index contributed by atoms with van der Waals surface area (Å²) in [5.74, 6) is -1.47. The molecule has 1 heterocycles. The van der Waals surface area contributed by atoms with Gasteiger partial charge in [0.1, 0.15) is 17.3 Å². The van der Waals surface area contributed by atoms with Crippen LogP contribution in [0.25, 0.3) is 5.76 Å². The van der Waals surface area contributed by atoms with E-state index in [0.29, 0.717) is 17.1 Å². The van der Waals surface area contributed by atoms with Gasteiger partial charge < -0.3 is 29.3 Å². The second-order valence-electron chi connectivity index (χ2n) is 7.24. The highest BCUT2D eigenvalue weighted by atomic mass is 16.6. The Labute approximate surface area is 194 Å². The van der Waals surface area contributed by atoms with Crippen molar-refractivity contribution < 1.29 is 38.9 Å². The first-order chi connectivity index (χ1) is 16.3. The zero-order valence-electron chi connectivity index (χ0n) is 18.6. The first-order valence-electron chi connectivity index (χ1n) is 10.3.